The molecular formula is C24H32ClN2O4-. The number of halogens is 1. The molecule has 2 rings (SSSR count). The third-order valence-electron chi connectivity index (χ3n) is 4.16. The van der Waals surface area contributed by atoms with E-state index in [1.165, 1.54) is 0 Å². The van der Waals surface area contributed by atoms with Gasteiger partial charge in [-0.1, -0.05) is 44.0 Å². The fraction of sp³-hybridized carbons (Fsp3) is 0.500. The SMILES string of the molecule is CC(=O)[O-].CCCCc1nc(Cl)c(CC)c(Cc2ccc(C(=O)OC(C)(C)C)cc2)n1. The Balaban J connectivity index is 0.00000110. The van der Waals surface area contributed by atoms with Gasteiger partial charge in [0, 0.05) is 24.4 Å². The molecule has 0 aliphatic carbocycles. The third-order valence-corrected chi connectivity index (χ3v) is 4.47. The Morgan fingerprint density at radius 1 is 1.10 bits per heavy atom. The summed E-state index contributed by atoms with van der Waals surface area (Å²) >= 11 is 6.40. The molecule has 0 amide bonds. The van der Waals surface area contributed by atoms with Crippen LogP contribution in [0.5, 0.6) is 0 Å². The molecule has 0 N–H and O–H groups in total. The number of hydrogen-bond acceptors (Lipinski definition) is 6. The normalized spacial score (nSPS) is 10.8. The zero-order valence-corrected chi connectivity index (χ0v) is 20.0. The highest BCUT2D eigenvalue weighted by Gasteiger charge is 2.18. The van der Waals surface area contributed by atoms with Crippen LogP contribution in [-0.2, 0) is 28.8 Å². The first-order chi connectivity index (χ1) is 14.5. The van der Waals surface area contributed by atoms with Gasteiger partial charge in [0.25, 0.3) is 0 Å². The van der Waals surface area contributed by atoms with Crippen LogP contribution >= 0.6 is 11.6 Å². The number of ether oxygens (including phenoxy) is 1. The van der Waals surface area contributed by atoms with Crippen LogP contribution in [0.4, 0.5) is 0 Å². The Morgan fingerprint density at radius 2 is 1.68 bits per heavy atom. The van der Waals surface area contributed by atoms with Gasteiger partial charge < -0.3 is 14.6 Å². The average molecular weight is 448 g/mol. The highest BCUT2D eigenvalue weighted by atomic mass is 35.5. The van der Waals surface area contributed by atoms with E-state index in [0.717, 1.165) is 55.3 Å². The van der Waals surface area contributed by atoms with Gasteiger partial charge in [-0.15, -0.1) is 0 Å². The van der Waals surface area contributed by atoms with Gasteiger partial charge in [0.1, 0.15) is 16.6 Å². The lowest BCUT2D eigenvalue weighted by atomic mass is 10.0. The summed E-state index contributed by atoms with van der Waals surface area (Å²) in [5.41, 5.74) is 3.09. The maximum atomic E-state index is 12.2. The summed E-state index contributed by atoms with van der Waals surface area (Å²) in [5.74, 6) is -0.588. The number of aromatic nitrogens is 2. The zero-order valence-electron chi connectivity index (χ0n) is 19.3. The Hall–Kier alpha value is -2.47. The van der Waals surface area contributed by atoms with Gasteiger partial charge in [-0.2, -0.15) is 0 Å². The van der Waals surface area contributed by atoms with Crippen molar-refractivity contribution in [2.24, 2.45) is 0 Å². The van der Waals surface area contributed by atoms with Gasteiger partial charge in [-0.3, -0.25) is 0 Å². The largest absolute Gasteiger partial charge is 0.550 e. The van der Waals surface area contributed by atoms with E-state index in [9.17, 15) is 4.79 Å². The van der Waals surface area contributed by atoms with Crippen LogP contribution in [0.3, 0.4) is 0 Å². The summed E-state index contributed by atoms with van der Waals surface area (Å²) < 4.78 is 5.41. The molecule has 31 heavy (non-hydrogen) atoms. The van der Waals surface area contributed by atoms with Crippen molar-refractivity contribution in [2.75, 3.05) is 0 Å². The number of unbranched alkanes of at least 4 members (excludes halogenated alkanes) is 1. The van der Waals surface area contributed by atoms with E-state index in [2.05, 4.69) is 18.8 Å². The van der Waals surface area contributed by atoms with Crippen LogP contribution in [0.1, 0.15) is 87.4 Å². The number of aryl methyl sites for hydroxylation is 1. The summed E-state index contributed by atoms with van der Waals surface area (Å²) in [6, 6.07) is 7.49. The van der Waals surface area contributed by atoms with Crippen molar-refractivity contribution < 1.29 is 19.4 Å². The van der Waals surface area contributed by atoms with Crippen LogP contribution < -0.4 is 5.11 Å². The minimum atomic E-state index is -1.08. The predicted octanol–water partition coefficient (Wildman–Crippen LogP) is 4.34. The summed E-state index contributed by atoms with van der Waals surface area (Å²) in [6.07, 6.45) is 4.44. The number of hydrogen-bond donors (Lipinski definition) is 0. The summed E-state index contributed by atoms with van der Waals surface area (Å²) in [4.78, 5) is 30.3. The second-order valence-electron chi connectivity index (χ2n) is 8.18. The van der Waals surface area contributed by atoms with E-state index in [-0.39, 0.29) is 5.97 Å². The molecule has 0 unspecified atom stereocenters. The van der Waals surface area contributed by atoms with Crippen molar-refractivity contribution in [2.45, 2.75) is 79.2 Å². The number of aliphatic carboxylic acids is 1. The number of carbonyl (C=O) groups is 2. The second kappa shape index (κ2) is 12.4. The molecule has 6 nitrogen and oxygen atoms in total. The van der Waals surface area contributed by atoms with Gasteiger partial charge in [0.2, 0.25) is 0 Å². The van der Waals surface area contributed by atoms with Crippen LogP contribution in [0.15, 0.2) is 24.3 Å². The molecule has 7 heteroatoms. The van der Waals surface area contributed by atoms with E-state index in [4.69, 9.17) is 31.2 Å². The molecule has 0 saturated heterocycles. The Bertz CT molecular complexity index is 870. The van der Waals surface area contributed by atoms with Crippen molar-refractivity contribution in [3.63, 3.8) is 0 Å². The number of rotatable bonds is 7. The topological polar surface area (TPSA) is 92.2 Å². The molecule has 1 heterocycles. The summed E-state index contributed by atoms with van der Waals surface area (Å²) in [6.45, 7) is 10.8. The number of carboxylic acid groups (broad SMARTS) is 1. The van der Waals surface area contributed by atoms with Gasteiger partial charge in [-0.25, -0.2) is 14.8 Å². The minimum Gasteiger partial charge on any atom is -0.550 e. The Labute approximate surface area is 190 Å². The Kier molecular flexibility index (Phi) is 10.6. The fourth-order valence-electron chi connectivity index (χ4n) is 2.78. The van der Waals surface area contributed by atoms with E-state index in [1.54, 1.807) is 12.1 Å². The summed E-state index contributed by atoms with van der Waals surface area (Å²) in [7, 11) is 0. The van der Waals surface area contributed by atoms with Gasteiger partial charge in [0.05, 0.1) is 11.3 Å². The lowest BCUT2D eigenvalue weighted by Crippen LogP contribution is -2.23. The van der Waals surface area contributed by atoms with Crippen LogP contribution in [0, 0.1) is 0 Å². The van der Waals surface area contributed by atoms with E-state index < -0.39 is 11.6 Å². The number of benzene rings is 1. The quantitative estimate of drug-likeness (QED) is 0.463. The fourth-order valence-corrected chi connectivity index (χ4v) is 3.12. The molecule has 0 fully saturated rings. The third kappa shape index (κ3) is 9.92. The van der Waals surface area contributed by atoms with Gasteiger partial charge in [-0.05, 0) is 58.2 Å². The molecular weight excluding hydrogens is 416 g/mol. The highest BCUT2D eigenvalue weighted by molar-refractivity contribution is 6.30. The molecule has 0 radical (unpaired) electrons. The molecule has 0 bridgehead atoms. The molecule has 1 aromatic carbocycles. The van der Waals surface area contributed by atoms with E-state index >= 15 is 0 Å². The molecule has 1 aromatic heterocycles. The minimum absolute atomic E-state index is 0.310. The highest BCUT2D eigenvalue weighted by Crippen LogP contribution is 2.22. The maximum Gasteiger partial charge on any atom is 0.338 e. The smallest absolute Gasteiger partial charge is 0.338 e. The number of nitrogens with zero attached hydrogens (tertiary/aromatic N) is 2. The number of carboxylic acids is 1. The van der Waals surface area contributed by atoms with E-state index in [0.29, 0.717) is 17.1 Å². The van der Waals surface area contributed by atoms with Crippen LogP contribution in [0.25, 0.3) is 0 Å². The standard InChI is InChI=1S/C22H29ClN2O2.C2H4O2/c1-6-8-9-19-24-18(17(7-2)20(23)25-19)14-15-10-12-16(13-11-15)21(26)27-22(3,4)5;1-2(3)4/h10-13H,6-9,14H2,1-5H3;1H3,(H,3,4)/p-1. The van der Waals surface area contributed by atoms with E-state index in [1.807, 2.05) is 32.9 Å². The molecule has 0 atom stereocenters. The van der Waals surface area contributed by atoms with Crippen LogP contribution in [-0.4, -0.2) is 27.5 Å². The lowest BCUT2D eigenvalue weighted by Gasteiger charge is -2.19. The summed E-state index contributed by atoms with van der Waals surface area (Å²) in [5, 5.41) is 9.44. The monoisotopic (exact) mass is 447 g/mol. The predicted molar refractivity (Wildman–Crippen MR) is 120 cm³/mol. The molecule has 0 aliphatic rings. The average Bonchev–Trinajstić information content (AvgIpc) is 2.65. The lowest BCUT2D eigenvalue weighted by molar-refractivity contribution is -0.302. The molecule has 0 aliphatic heterocycles. The van der Waals surface area contributed by atoms with Crippen molar-refractivity contribution >= 4 is 23.5 Å². The number of carbonyl (C=O) groups excluding carboxylic acids is 2. The molecule has 0 saturated carbocycles. The molecule has 0 spiro atoms. The van der Waals surface area contributed by atoms with Gasteiger partial charge in [0.15, 0.2) is 0 Å². The zero-order chi connectivity index (χ0) is 23.6. The molecule has 170 valence electrons. The van der Waals surface area contributed by atoms with Crippen molar-refractivity contribution in [1.82, 2.24) is 9.97 Å². The second-order valence-corrected chi connectivity index (χ2v) is 8.54. The first-order valence-corrected chi connectivity index (χ1v) is 10.9. The van der Waals surface area contributed by atoms with Crippen molar-refractivity contribution in [3.8, 4) is 0 Å². The van der Waals surface area contributed by atoms with Crippen molar-refractivity contribution in [1.29, 1.82) is 0 Å². The first-order valence-electron chi connectivity index (χ1n) is 10.5. The van der Waals surface area contributed by atoms with Gasteiger partial charge >= 0.3 is 5.97 Å². The van der Waals surface area contributed by atoms with Crippen LogP contribution in [0.2, 0.25) is 5.15 Å². The van der Waals surface area contributed by atoms with Crippen molar-refractivity contribution in [3.05, 3.63) is 57.6 Å². The first kappa shape index (κ1) is 26.6. The molecule has 2 aromatic rings. The Morgan fingerprint density at radius 3 is 2.16 bits per heavy atom. The maximum absolute atomic E-state index is 12.2. The number of esters is 1.